The van der Waals surface area contributed by atoms with Crippen molar-refractivity contribution in [1.82, 2.24) is 25.1 Å². The molecular formula is C21H18F2N6O. The van der Waals surface area contributed by atoms with Crippen molar-refractivity contribution in [1.29, 1.82) is 0 Å². The van der Waals surface area contributed by atoms with E-state index < -0.39 is 12.0 Å². The summed E-state index contributed by atoms with van der Waals surface area (Å²) >= 11 is 0. The molecule has 0 spiro atoms. The zero-order valence-electron chi connectivity index (χ0n) is 16.1. The number of aromatic nitrogens is 4. The number of nitrogens with zero attached hydrogens (tertiary/aromatic N) is 4. The highest BCUT2D eigenvalue weighted by Crippen LogP contribution is 2.40. The number of aromatic amines is 1. The number of hydrogen-bond acceptors (Lipinski definition) is 5. The second kappa shape index (κ2) is 6.72. The zero-order chi connectivity index (χ0) is 20.9. The first-order valence-corrected chi connectivity index (χ1v) is 9.51. The van der Waals surface area contributed by atoms with E-state index in [-0.39, 0.29) is 24.4 Å². The minimum Gasteiger partial charge on any atom is -0.337 e. The van der Waals surface area contributed by atoms with E-state index in [0.29, 0.717) is 11.2 Å². The Morgan fingerprint density at radius 3 is 2.83 bits per heavy atom. The number of H-pyrrole nitrogens is 1. The fourth-order valence-corrected chi connectivity index (χ4v) is 3.74. The number of carbonyl (C=O) groups excluding carboxylic acids is 1. The summed E-state index contributed by atoms with van der Waals surface area (Å²) in [4.78, 5) is 22.8. The Hall–Kier alpha value is -3.62. The summed E-state index contributed by atoms with van der Waals surface area (Å²) in [7, 11) is 1.55. The van der Waals surface area contributed by atoms with Crippen LogP contribution in [-0.2, 0) is 0 Å². The Morgan fingerprint density at radius 2 is 2.03 bits per heavy atom. The van der Waals surface area contributed by atoms with Gasteiger partial charge >= 0.3 is 0 Å². The number of halogens is 2. The summed E-state index contributed by atoms with van der Waals surface area (Å²) in [5.74, 6) is -2.44. The monoisotopic (exact) mass is 408 g/mol. The van der Waals surface area contributed by atoms with Crippen LogP contribution < -0.4 is 5.32 Å². The molecule has 1 aromatic carbocycles. The normalized spacial score (nSPS) is 15.8. The van der Waals surface area contributed by atoms with Crippen LogP contribution in [0.1, 0.15) is 23.3 Å². The first-order chi connectivity index (χ1) is 14.4. The van der Waals surface area contributed by atoms with Gasteiger partial charge in [-0.2, -0.15) is 5.10 Å². The third-order valence-corrected chi connectivity index (χ3v) is 5.49. The van der Waals surface area contributed by atoms with Gasteiger partial charge in [-0.25, -0.2) is 8.78 Å². The molecule has 0 bridgehead atoms. The third kappa shape index (κ3) is 3.12. The smallest absolute Gasteiger partial charge is 0.273 e. The predicted molar refractivity (Wildman–Crippen MR) is 109 cm³/mol. The summed E-state index contributed by atoms with van der Waals surface area (Å²) in [5.41, 5.74) is 2.58. The van der Waals surface area contributed by atoms with Crippen molar-refractivity contribution in [2.45, 2.75) is 24.8 Å². The van der Waals surface area contributed by atoms with E-state index in [2.05, 4.69) is 25.5 Å². The van der Waals surface area contributed by atoms with Crippen molar-refractivity contribution < 1.29 is 13.6 Å². The van der Waals surface area contributed by atoms with Gasteiger partial charge in [0, 0.05) is 49.4 Å². The molecule has 7 nitrogen and oxygen atoms in total. The van der Waals surface area contributed by atoms with Crippen LogP contribution >= 0.6 is 0 Å². The van der Waals surface area contributed by atoms with Gasteiger partial charge in [-0.1, -0.05) is 0 Å². The molecule has 0 saturated heterocycles. The van der Waals surface area contributed by atoms with E-state index >= 15 is 0 Å². The lowest BCUT2D eigenvalue weighted by Crippen LogP contribution is -2.51. The van der Waals surface area contributed by atoms with Crippen LogP contribution in [0.3, 0.4) is 0 Å². The standard InChI is InChI=1S/C21H18F2N6O/c1-29(14-10-21(22,23)11-14)20(30)17-15-5-4-13(9-12(15)6-8-25-17)26-19-18-16(27-28-19)3-2-7-24-18/h2-9,14H,10-11H2,1H3,(H2,26,27,28). The highest BCUT2D eigenvalue weighted by Gasteiger charge is 2.48. The topological polar surface area (TPSA) is 86.8 Å². The van der Waals surface area contributed by atoms with Crippen LogP contribution in [0.15, 0.2) is 48.8 Å². The van der Waals surface area contributed by atoms with Gasteiger partial charge < -0.3 is 10.2 Å². The van der Waals surface area contributed by atoms with Crippen LogP contribution in [-0.4, -0.2) is 50.0 Å². The number of rotatable bonds is 4. The van der Waals surface area contributed by atoms with Gasteiger partial charge in [-0.15, -0.1) is 0 Å². The Morgan fingerprint density at radius 1 is 1.20 bits per heavy atom. The van der Waals surface area contributed by atoms with Gasteiger partial charge in [-0.05, 0) is 41.8 Å². The maximum absolute atomic E-state index is 13.2. The fourth-order valence-electron chi connectivity index (χ4n) is 3.74. The molecule has 0 aliphatic heterocycles. The van der Waals surface area contributed by atoms with E-state index in [1.54, 1.807) is 31.6 Å². The predicted octanol–water partition coefficient (Wildman–Crippen LogP) is 4.12. The molecule has 3 aromatic heterocycles. The largest absolute Gasteiger partial charge is 0.337 e. The summed E-state index contributed by atoms with van der Waals surface area (Å²) < 4.78 is 26.4. The molecule has 3 heterocycles. The summed E-state index contributed by atoms with van der Waals surface area (Å²) in [6.45, 7) is 0. The van der Waals surface area contributed by atoms with E-state index in [9.17, 15) is 13.6 Å². The lowest BCUT2D eigenvalue weighted by Gasteiger charge is -2.40. The van der Waals surface area contributed by atoms with Crippen molar-refractivity contribution in [2.75, 3.05) is 12.4 Å². The number of alkyl halides is 2. The molecule has 4 aromatic rings. The minimum absolute atomic E-state index is 0.253. The number of pyridine rings is 2. The molecular weight excluding hydrogens is 390 g/mol. The fraction of sp³-hybridized carbons (Fsp3) is 0.238. The van der Waals surface area contributed by atoms with Crippen LogP contribution in [0.5, 0.6) is 0 Å². The average Bonchev–Trinajstić information content (AvgIpc) is 3.13. The SMILES string of the molecule is CN(C(=O)c1nccc2cc(Nc3n[nH]c4cccnc34)ccc12)C1CC(F)(F)C1. The van der Waals surface area contributed by atoms with E-state index in [4.69, 9.17) is 0 Å². The highest BCUT2D eigenvalue weighted by atomic mass is 19.3. The van der Waals surface area contributed by atoms with Crippen molar-refractivity contribution >= 4 is 39.2 Å². The minimum atomic E-state index is -2.68. The van der Waals surface area contributed by atoms with Gasteiger partial charge in [-0.3, -0.25) is 19.9 Å². The van der Waals surface area contributed by atoms with Gasteiger partial charge in [0.05, 0.1) is 5.52 Å². The Labute approximate surface area is 170 Å². The number of benzene rings is 1. The summed E-state index contributed by atoms with van der Waals surface area (Å²) in [5, 5.41) is 11.9. The molecule has 30 heavy (non-hydrogen) atoms. The van der Waals surface area contributed by atoms with E-state index in [1.807, 2.05) is 24.3 Å². The van der Waals surface area contributed by atoms with Gasteiger partial charge in [0.25, 0.3) is 11.8 Å². The maximum Gasteiger partial charge on any atom is 0.273 e. The number of fused-ring (bicyclic) bond motifs is 2. The second-order valence-electron chi connectivity index (χ2n) is 7.53. The molecule has 5 rings (SSSR count). The summed E-state index contributed by atoms with van der Waals surface area (Å²) in [6, 6.07) is 10.5. The lowest BCUT2D eigenvalue weighted by molar-refractivity contribution is -0.112. The zero-order valence-corrected chi connectivity index (χ0v) is 16.1. The molecule has 152 valence electrons. The Balaban J connectivity index is 1.43. The number of anilines is 2. The van der Waals surface area contributed by atoms with Crippen molar-refractivity contribution in [3.8, 4) is 0 Å². The molecule has 1 amide bonds. The second-order valence-corrected chi connectivity index (χ2v) is 7.53. The van der Waals surface area contributed by atoms with Crippen molar-refractivity contribution in [3.63, 3.8) is 0 Å². The Bertz CT molecular complexity index is 1260. The molecule has 0 unspecified atom stereocenters. The third-order valence-electron chi connectivity index (χ3n) is 5.49. The number of nitrogens with one attached hydrogen (secondary N) is 2. The van der Waals surface area contributed by atoms with Crippen molar-refractivity contribution in [2.24, 2.45) is 0 Å². The van der Waals surface area contributed by atoms with Gasteiger partial charge in [0.15, 0.2) is 5.82 Å². The molecule has 1 aliphatic rings. The van der Waals surface area contributed by atoms with Gasteiger partial charge in [0.2, 0.25) is 0 Å². The van der Waals surface area contributed by atoms with E-state index in [1.165, 1.54) is 4.90 Å². The highest BCUT2D eigenvalue weighted by molar-refractivity contribution is 6.06. The van der Waals surface area contributed by atoms with Crippen molar-refractivity contribution in [3.05, 3.63) is 54.5 Å². The van der Waals surface area contributed by atoms with E-state index in [0.717, 1.165) is 22.1 Å². The number of carbonyl (C=O) groups is 1. The molecule has 0 atom stereocenters. The molecule has 1 fully saturated rings. The van der Waals surface area contributed by atoms with Crippen LogP contribution in [0.25, 0.3) is 21.8 Å². The molecule has 2 N–H and O–H groups in total. The molecule has 1 saturated carbocycles. The van der Waals surface area contributed by atoms with Crippen LogP contribution in [0.2, 0.25) is 0 Å². The number of hydrogen-bond donors (Lipinski definition) is 2. The first kappa shape index (κ1) is 18.4. The quantitative estimate of drug-likeness (QED) is 0.531. The molecule has 0 radical (unpaired) electrons. The lowest BCUT2D eigenvalue weighted by atomic mass is 9.87. The number of amides is 1. The van der Waals surface area contributed by atoms with Crippen LogP contribution in [0.4, 0.5) is 20.3 Å². The van der Waals surface area contributed by atoms with Crippen LogP contribution in [0, 0.1) is 0 Å². The average molecular weight is 408 g/mol. The maximum atomic E-state index is 13.2. The van der Waals surface area contributed by atoms with Gasteiger partial charge in [0.1, 0.15) is 11.2 Å². The first-order valence-electron chi connectivity index (χ1n) is 9.51. The summed E-state index contributed by atoms with van der Waals surface area (Å²) in [6.07, 6.45) is 2.63. The molecule has 9 heteroatoms. The Kier molecular flexibility index (Phi) is 4.12. The molecule has 1 aliphatic carbocycles.